The minimum Gasteiger partial charge on any atom is -0.493 e. The van der Waals surface area contributed by atoms with Crippen LogP contribution < -0.4 is 9.47 Å². The van der Waals surface area contributed by atoms with E-state index in [0.717, 1.165) is 18.5 Å². The van der Waals surface area contributed by atoms with E-state index >= 15 is 0 Å². The molecule has 0 fully saturated rings. The van der Waals surface area contributed by atoms with Crippen LogP contribution in [-0.2, 0) is 17.8 Å². The van der Waals surface area contributed by atoms with Crippen molar-refractivity contribution in [3.63, 3.8) is 0 Å². The Bertz CT molecular complexity index is 625. The summed E-state index contributed by atoms with van der Waals surface area (Å²) < 4.78 is 13.0. The maximum atomic E-state index is 10.9. The highest BCUT2D eigenvalue weighted by atomic mass is 16.5. The Labute approximate surface area is 121 Å². The number of carbonyl (C=O) groups is 1. The number of hydrogen-bond acceptors (Lipinski definition) is 4. The van der Waals surface area contributed by atoms with Crippen molar-refractivity contribution in [3.05, 3.63) is 42.5 Å². The summed E-state index contributed by atoms with van der Waals surface area (Å²) in [4.78, 5) is 14.9. The number of imidazole rings is 1. The fourth-order valence-corrected chi connectivity index (χ4v) is 2.29. The molecule has 1 N–H and O–H groups in total. The highest BCUT2D eigenvalue weighted by molar-refractivity contribution is 5.74. The lowest BCUT2D eigenvalue weighted by atomic mass is 10.1. The molecular weight excluding hydrogens is 272 g/mol. The summed E-state index contributed by atoms with van der Waals surface area (Å²) in [6, 6.07) is 5.47. The van der Waals surface area contributed by atoms with Gasteiger partial charge in [0.05, 0.1) is 12.9 Å². The SMILES string of the molecule is O=C(O)C1Cc2ccc(OCCCn3ccnc3)cc2O1. The molecule has 1 aliphatic heterocycles. The molecule has 0 aliphatic carbocycles. The summed E-state index contributed by atoms with van der Waals surface area (Å²) >= 11 is 0. The summed E-state index contributed by atoms with van der Waals surface area (Å²) in [5.41, 5.74) is 0.910. The van der Waals surface area contributed by atoms with E-state index in [-0.39, 0.29) is 0 Å². The second kappa shape index (κ2) is 5.87. The number of hydrogen-bond donors (Lipinski definition) is 1. The molecule has 21 heavy (non-hydrogen) atoms. The second-order valence-corrected chi connectivity index (χ2v) is 4.92. The number of aryl methyl sites for hydroxylation is 1. The van der Waals surface area contributed by atoms with Crippen molar-refractivity contribution in [2.75, 3.05) is 6.61 Å². The maximum absolute atomic E-state index is 10.9. The van der Waals surface area contributed by atoms with E-state index in [0.29, 0.717) is 24.5 Å². The summed E-state index contributed by atoms with van der Waals surface area (Å²) in [7, 11) is 0. The van der Waals surface area contributed by atoms with E-state index in [4.69, 9.17) is 14.6 Å². The molecule has 2 heterocycles. The first-order chi connectivity index (χ1) is 10.2. The Morgan fingerprint density at radius 1 is 1.52 bits per heavy atom. The van der Waals surface area contributed by atoms with Crippen LogP contribution in [0.1, 0.15) is 12.0 Å². The number of rotatable bonds is 6. The van der Waals surface area contributed by atoms with Crippen LogP contribution in [0.3, 0.4) is 0 Å². The first kappa shape index (κ1) is 13.5. The van der Waals surface area contributed by atoms with Crippen LogP contribution in [0, 0.1) is 0 Å². The van der Waals surface area contributed by atoms with Gasteiger partial charge in [0.2, 0.25) is 0 Å². The Morgan fingerprint density at radius 2 is 2.43 bits per heavy atom. The fraction of sp³-hybridized carbons (Fsp3) is 0.333. The molecule has 1 atom stereocenters. The zero-order valence-electron chi connectivity index (χ0n) is 11.4. The molecule has 0 amide bonds. The molecule has 110 valence electrons. The quantitative estimate of drug-likeness (QED) is 0.820. The van der Waals surface area contributed by atoms with E-state index in [9.17, 15) is 4.79 Å². The molecule has 1 aromatic carbocycles. The third-order valence-corrected chi connectivity index (χ3v) is 3.38. The highest BCUT2D eigenvalue weighted by Crippen LogP contribution is 2.32. The molecule has 6 heteroatoms. The molecule has 0 radical (unpaired) electrons. The van der Waals surface area contributed by atoms with Crippen LogP contribution in [-0.4, -0.2) is 33.3 Å². The third-order valence-electron chi connectivity index (χ3n) is 3.38. The molecule has 1 aromatic heterocycles. The summed E-state index contributed by atoms with van der Waals surface area (Å²) in [5.74, 6) is 0.369. The number of carboxylic acid groups (broad SMARTS) is 1. The first-order valence-corrected chi connectivity index (χ1v) is 6.83. The molecule has 0 bridgehead atoms. The zero-order chi connectivity index (χ0) is 14.7. The molecule has 1 unspecified atom stereocenters. The predicted molar refractivity (Wildman–Crippen MR) is 74.5 cm³/mol. The molecule has 0 spiro atoms. The first-order valence-electron chi connectivity index (χ1n) is 6.83. The van der Waals surface area contributed by atoms with E-state index in [1.54, 1.807) is 18.6 Å². The summed E-state index contributed by atoms with van der Waals surface area (Å²) in [6.45, 7) is 1.43. The lowest BCUT2D eigenvalue weighted by Gasteiger charge is -2.08. The van der Waals surface area contributed by atoms with E-state index in [1.165, 1.54) is 0 Å². The van der Waals surface area contributed by atoms with Crippen molar-refractivity contribution in [2.24, 2.45) is 0 Å². The summed E-state index contributed by atoms with van der Waals surface area (Å²) in [6.07, 6.45) is 5.93. The van der Waals surface area contributed by atoms with Gasteiger partial charge in [0.25, 0.3) is 0 Å². The van der Waals surface area contributed by atoms with Crippen LogP contribution in [0.25, 0.3) is 0 Å². The molecule has 0 saturated heterocycles. The lowest BCUT2D eigenvalue weighted by Crippen LogP contribution is -2.24. The Hall–Kier alpha value is -2.50. The topological polar surface area (TPSA) is 73.6 Å². The second-order valence-electron chi connectivity index (χ2n) is 4.92. The Kier molecular flexibility index (Phi) is 3.77. The number of aliphatic carboxylic acids is 1. The Balaban J connectivity index is 1.51. The van der Waals surface area contributed by atoms with Gasteiger partial charge in [-0.3, -0.25) is 0 Å². The van der Waals surface area contributed by atoms with E-state index in [1.807, 2.05) is 22.9 Å². The van der Waals surface area contributed by atoms with Crippen LogP contribution in [0.4, 0.5) is 0 Å². The number of aromatic nitrogens is 2. The van der Waals surface area contributed by atoms with Gasteiger partial charge in [-0.15, -0.1) is 0 Å². The van der Waals surface area contributed by atoms with Crippen LogP contribution >= 0.6 is 0 Å². The number of nitrogens with zero attached hydrogens (tertiary/aromatic N) is 2. The van der Waals surface area contributed by atoms with E-state index in [2.05, 4.69) is 4.98 Å². The average molecular weight is 288 g/mol. The third kappa shape index (κ3) is 3.16. The maximum Gasteiger partial charge on any atom is 0.345 e. The van der Waals surface area contributed by atoms with Gasteiger partial charge in [-0.05, 0) is 18.1 Å². The smallest absolute Gasteiger partial charge is 0.345 e. The van der Waals surface area contributed by atoms with Crippen molar-refractivity contribution in [1.82, 2.24) is 9.55 Å². The van der Waals surface area contributed by atoms with Gasteiger partial charge in [0, 0.05) is 31.4 Å². The van der Waals surface area contributed by atoms with Crippen molar-refractivity contribution >= 4 is 5.97 Å². The summed E-state index contributed by atoms with van der Waals surface area (Å²) in [5, 5.41) is 8.95. The minimum absolute atomic E-state index is 0.408. The van der Waals surface area contributed by atoms with Gasteiger partial charge in [-0.1, -0.05) is 6.07 Å². The largest absolute Gasteiger partial charge is 0.493 e. The zero-order valence-corrected chi connectivity index (χ0v) is 11.4. The molecule has 1 aliphatic rings. The van der Waals surface area contributed by atoms with Gasteiger partial charge >= 0.3 is 5.97 Å². The highest BCUT2D eigenvalue weighted by Gasteiger charge is 2.28. The number of benzene rings is 1. The molecule has 6 nitrogen and oxygen atoms in total. The molecular formula is C15H16N2O4. The van der Waals surface area contributed by atoms with Crippen LogP contribution in [0.15, 0.2) is 36.9 Å². The standard InChI is InChI=1S/C15H16N2O4/c18-15(19)14-8-11-2-3-12(9-13(11)21-14)20-7-1-5-17-6-4-16-10-17/h2-4,6,9-10,14H,1,5,7-8H2,(H,18,19). The van der Waals surface area contributed by atoms with Gasteiger partial charge in [-0.25, -0.2) is 9.78 Å². The average Bonchev–Trinajstić information content (AvgIpc) is 3.12. The van der Waals surface area contributed by atoms with Gasteiger partial charge in [0.1, 0.15) is 11.5 Å². The normalized spacial score (nSPS) is 16.3. The number of fused-ring (bicyclic) bond motifs is 1. The minimum atomic E-state index is -0.936. The van der Waals surface area contributed by atoms with Gasteiger partial charge < -0.3 is 19.1 Å². The van der Waals surface area contributed by atoms with Crippen LogP contribution in [0.5, 0.6) is 11.5 Å². The Morgan fingerprint density at radius 3 is 3.19 bits per heavy atom. The van der Waals surface area contributed by atoms with Crippen molar-refractivity contribution in [3.8, 4) is 11.5 Å². The number of ether oxygens (including phenoxy) is 2. The molecule has 2 aromatic rings. The fourth-order valence-electron chi connectivity index (χ4n) is 2.29. The monoisotopic (exact) mass is 288 g/mol. The van der Waals surface area contributed by atoms with Crippen molar-refractivity contribution in [2.45, 2.75) is 25.5 Å². The molecule has 3 rings (SSSR count). The van der Waals surface area contributed by atoms with E-state index < -0.39 is 12.1 Å². The van der Waals surface area contributed by atoms with Crippen LogP contribution in [0.2, 0.25) is 0 Å². The van der Waals surface area contributed by atoms with Crippen molar-refractivity contribution < 1.29 is 19.4 Å². The predicted octanol–water partition coefficient (Wildman–Crippen LogP) is 1.74. The number of carboxylic acids is 1. The van der Waals surface area contributed by atoms with Gasteiger partial charge in [0.15, 0.2) is 6.10 Å². The molecule has 0 saturated carbocycles. The van der Waals surface area contributed by atoms with Crippen molar-refractivity contribution in [1.29, 1.82) is 0 Å². The lowest BCUT2D eigenvalue weighted by molar-refractivity contribution is -0.144. The van der Waals surface area contributed by atoms with Gasteiger partial charge in [-0.2, -0.15) is 0 Å².